The van der Waals surface area contributed by atoms with Gasteiger partial charge in [-0.15, -0.1) is 0 Å². The van der Waals surface area contributed by atoms with E-state index in [9.17, 15) is 10.1 Å². The minimum Gasteiger partial charge on any atom is -0.493 e. The number of nitrogens with two attached hydrogens (primary N) is 1. The summed E-state index contributed by atoms with van der Waals surface area (Å²) in [5, 5.41) is 10.4. The van der Waals surface area contributed by atoms with Crippen molar-refractivity contribution in [2.45, 2.75) is 0 Å². The number of pyridine rings is 2. The number of aromatic nitrogens is 2. The molecule has 2 rings (SSSR count). The highest BCUT2D eigenvalue weighted by Gasteiger charge is 2.16. The zero-order chi connectivity index (χ0) is 16.7. The molecule has 0 fully saturated rings. The minimum absolute atomic E-state index is 0.156. The number of hydrogen-bond donors (Lipinski definition) is 1. The molecule has 2 aromatic rings. The first-order chi connectivity index (χ1) is 10.4. The van der Waals surface area contributed by atoms with Crippen LogP contribution in [0.5, 0.6) is 11.5 Å². The fraction of sp³-hybridized carbons (Fsp3) is 0.167. The normalized spacial score (nSPS) is 9.45. The third kappa shape index (κ3) is 5.11. The Hall–Kier alpha value is -1.94. The van der Waals surface area contributed by atoms with Crippen molar-refractivity contribution in [3.05, 3.63) is 43.6 Å². The van der Waals surface area contributed by atoms with Gasteiger partial charge < -0.3 is 25.3 Å². The summed E-state index contributed by atoms with van der Waals surface area (Å²) in [6.07, 6.45) is 0. The zero-order valence-electron chi connectivity index (χ0n) is 11.6. The van der Waals surface area contributed by atoms with Crippen molar-refractivity contribution in [3.63, 3.8) is 0 Å². The number of anilines is 1. The van der Waals surface area contributed by atoms with Gasteiger partial charge in [0.25, 0.3) is 0 Å². The Morgan fingerprint density at radius 2 is 1.55 bits per heavy atom. The van der Waals surface area contributed by atoms with Gasteiger partial charge in [0.1, 0.15) is 4.60 Å². The van der Waals surface area contributed by atoms with E-state index < -0.39 is 4.92 Å². The van der Waals surface area contributed by atoms with Crippen LogP contribution in [0.1, 0.15) is 0 Å². The lowest BCUT2D eigenvalue weighted by Gasteiger charge is -2.01. The highest BCUT2D eigenvalue weighted by atomic mass is 79.9. The number of nitrogen functional groups attached to an aromatic ring is 1. The van der Waals surface area contributed by atoms with E-state index in [0.29, 0.717) is 20.8 Å². The Bertz CT molecular complexity index is 670. The monoisotopic (exact) mass is 434 g/mol. The Labute approximate surface area is 143 Å². The first kappa shape index (κ1) is 18.1. The van der Waals surface area contributed by atoms with Crippen molar-refractivity contribution in [1.82, 2.24) is 9.97 Å². The summed E-state index contributed by atoms with van der Waals surface area (Å²) < 4.78 is 10.8. The van der Waals surface area contributed by atoms with Crippen molar-refractivity contribution in [1.29, 1.82) is 0 Å². The molecule has 0 amide bonds. The topological polar surface area (TPSA) is 113 Å². The Morgan fingerprint density at radius 1 is 1.05 bits per heavy atom. The molecule has 2 N–H and O–H groups in total. The number of nitro groups is 1. The lowest BCUT2D eigenvalue weighted by molar-refractivity contribution is -0.390. The maximum Gasteiger partial charge on any atom is 0.407 e. The standard InChI is InChI=1S/C6H5BrN2O3.C6H7BrN2O/c1-12-4-2-3-5(7)8-6(4)9(10)11;1-10-4-2-3-5(7)9-6(4)8/h2-3H,1H3;2-3H,1H3,(H2,8,9). The third-order valence-electron chi connectivity index (χ3n) is 2.27. The van der Waals surface area contributed by atoms with E-state index in [1.807, 2.05) is 0 Å². The lowest BCUT2D eigenvalue weighted by atomic mass is 10.4. The summed E-state index contributed by atoms with van der Waals surface area (Å²) in [6, 6.07) is 6.59. The summed E-state index contributed by atoms with van der Waals surface area (Å²) in [5.41, 5.74) is 5.47. The van der Waals surface area contributed by atoms with Crippen molar-refractivity contribution >= 4 is 43.5 Å². The van der Waals surface area contributed by atoms with Crippen molar-refractivity contribution < 1.29 is 14.4 Å². The van der Waals surface area contributed by atoms with Gasteiger partial charge >= 0.3 is 5.82 Å². The molecule has 2 aromatic heterocycles. The second kappa shape index (κ2) is 8.49. The SMILES string of the molecule is COc1ccc(Br)nc1N.COc1ccc(Br)nc1[N+](=O)[O-]. The van der Waals surface area contributed by atoms with Crippen molar-refractivity contribution in [2.75, 3.05) is 20.0 Å². The van der Waals surface area contributed by atoms with Crippen LogP contribution >= 0.6 is 31.9 Å². The van der Waals surface area contributed by atoms with Crippen LogP contribution in [0.2, 0.25) is 0 Å². The highest BCUT2D eigenvalue weighted by Crippen LogP contribution is 2.25. The third-order valence-corrected chi connectivity index (χ3v) is 3.15. The van der Waals surface area contributed by atoms with E-state index >= 15 is 0 Å². The van der Waals surface area contributed by atoms with Crippen LogP contribution in [0.25, 0.3) is 0 Å². The van der Waals surface area contributed by atoms with Gasteiger partial charge in [0.2, 0.25) is 10.4 Å². The summed E-state index contributed by atoms with van der Waals surface area (Å²) in [4.78, 5) is 17.3. The maximum atomic E-state index is 10.4. The second-order valence-corrected chi connectivity index (χ2v) is 5.26. The van der Waals surface area contributed by atoms with Crippen LogP contribution in [0.4, 0.5) is 11.6 Å². The molecular formula is C12H12Br2N4O4. The number of rotatable bonds is 3. The summed E-state index contributed by atoms with van der Waals surface area (Å²) in [7, 11) is 2.92. The summed E-state index contributed by atoms with van der Waals surface area (Å²) >= 11 is 6.20. The molecular weight excluding hydrogens is 424 g/mol. The molecule has 0 aromatic carbocycles. The predicted molar refractivity (Wildman–Crippen MR) is 88.0 cm³/mol. The van der Waals surface area contributed by atoms with E-state index in [-0.39, 0.29) is 11.6 Å². The lowest BCUT2D eigenvalue weighted by Crippen LogP contribution is -1.96. The fourth-order valence-electron chi connectivity index (χ4n) is 1.31. The van der Waals surface area contributed by atoms with E-state index in [2.05, 4.69) is 41.8 Å². The first-order valence-corrected chi connectivity index (χ1v) is 7.28. The van der Waals surface area contributed by atoms with Crippen LogP contribution in [-0.2, 0) is 0 Å². The molecule has 0 saturated carbocycles. The van der Waals surface area contributed by atoms with Gasteiger partial charge in [-0.1, -0.05) is 0 Å². The van der Waals surface area contributed by atoms with E-state index in [4.69, 9.17) is 15.2 Å². The molecule has 0 spiro atoms. The molecule has 10 heteroatoms. The molecule has 118 valence electrons. The molecule has 0 unspecified atom stereocenters. The van der Waals surface area contributed by atoms with Crippen molar-refractivity contribution in [3.8, 4) is 11.5 Å². The number of methoxy groups -OCH3 is 2. The van der Waals surface area contributed by atoms with Gasteiger partial charge in [0, 0.05) is 22.0 Å². The first-order valence-electron chi connectivity index (χ1n) is 5.70. The molecule has 22 heavy (non-hydrogen) atoms. The molecule has 8 nitrogen and oxygen atoms in total. The molecule has 0 aliphatic heterocycles. The van der Waals surface area contributed by atoms with Crippen LogP contribution in [-0.4, -0.2) is 29.1 Å². The van der Waals surface area contributed by atoms with Gasteiger partial charge in [-0.2, -0.15) is 0 Å². The van der Waals surface area contributed by atoms with E-state index in [1.54, 1.807) is 25.3 Å². The van der Waals surface area contributed by atoms with Crippen LogP contribution in [0, 0.1) is 10.1 Å². The predicted octanol–water partition coefficient (Wildman–Crippen LogP) is 3.20. The minimum atomic E-state index is -0.594. The van der Waals surface area contributed by atoms with Crippen LogP contribution in [0.3, 0.4) is 0 Å². The molecule has 0 bridgehead atoms. The molecule has 2 heterocycles. The van der Waals surface area contributed by atoms with E-state index in [0.717, 1.165) is 0 Å². The largest absolute Gasteiger partial charge is 0.493 e. The smallest absolute Gasteiger partial charge is 0.407 e. The van der Waals surface area contributed by atoms with Gasteiger partial charge in [-0.25, -0.2) is 4.98 Å². The quantitative estimate of drug-likeness (QED) is 0.447. The average Bonchev–Trinajstić information content (AvgIpc) is 2.48. The molecule has 0 radical (unpaired) electrons. The summed E-state index contributed by atoms with van der Waals surface area (Å²) in [6.45, 7) is 0. The van der Waals surface area contributed by atoms with Crippen molar-refractivity contribution in [2.24, 2.45) is 0 Å². The fourth-order valence-corrected chi connectivity index (χ4v) is 1.94. The van der Waals surface area contributed by atoms with Crippen LogP contribution < -0.4 is 15.2 Å². The second-order valence-electron chi connectivity index (χ2n) is 3.64. The summed E-state index contributed by atoms with van der Waals surface area (Å²) in [5.74, 6) is 0.871. The maximum absolute atomic E-state index is 10.4. The van der Waals surface area contributed by atoms with Gasteiger partial charge in [-0.05, 0) is 44.0 Å². The van der Waals surface area contributed by atoms with Gasteiger partial charge in [-0.3, -0.25) is 0 Å². The molecule has 0 atom stereocenters. The Kier molecular flexibility index (Phi) is 6.99. The zero-order valence-corrected chi connectivity index (χ0v) is 14.8. The number of hydrogen-bond acceptors (Lipinski definition) is 7. The highest BCUT2D eigenvalue weighted by molar-refractivity contribution is 9.10. The molecule has 0 aliphatic carbocycles. The van der Waals surface area contributed by atoms with Gasteiger partial charge in [0.05, 0.1) is 14.2 Å². The molecule has 0 saturated heterocycles. The average molecular weight is 436 g/mol. The molecule has 0 aliphatic rings. The Balaban J connectivity index is 0.000000224. The number of ether oxygens (including phenoxy) is 2. The number of halogens is 2. The Morgan fingerprint density at radius 3 is 2.00 bits per heavy atom. The van der Waals surface area contributed by atoms with Gasteiger partial charge in [0.15, 0.2) is 11.6 Å². The number of nitrogens with zero attached hydrogens (tertiary/aromatic N) is 3. The van der Waals surface area contributed by atoms with E-state index in [1.165, 1.54) is 13.2 Å². The van der Waals surface area contributed by atoms with Crippen LogP contribution in [0.15, 0.2) is 33.5 Å².